The Labute approximate surface area is 212 Å². The third kappa shape index (κ3) is 6.27. The minimum Gasteiger partial charge on any atom is -0.491 e. The quantitative estimate of drug-likeness (QED) is 0.596. The number of piperidine rings is 2. The van der Waals surface area contributed by atoms with Gasteiger partial charge in [-0.15, -0.1) is 0 Å². The van der Waals surface area contributed by atoms with Crippen LogP contribution in [0.15, 0.2) is 24.3 Å². The third-order valence-electron chi connectivity index (χ3n) is 7.37. The molecule has 1 aromatic carbocycles. The number of piperazine rings is 1. The standard InChI is InChI=1S/C26H37N5O5/c1-3-35-26(34)31-15-21-12-22(25(31)30-10-8-29(9-11-30)19(2)32)16-28(14-21)17-23(33)18-36-24-6-4-20(13-27)5-7-24/h4-7,21-23,25,33H,3,8-12,14-18H2,1-2H3. The van der Waals surface area contributed by atoms with Gasteiger partial charge in [-0.3, -0.25) is 19.5 Å². The lowest BCUT2D eigenvalue weighted by atomic mass is 9.81. The van der Waals surface area contributed by atoms with E-state index in [9.17, 15) is 14.7 Å². The number of nitriles is 1. The molecule has 4 unspecified atom stereocenters. The van der Waals surface area contributed by atoms with Crippen LogP contribution in [0.2, 0.25) is 0 Å². The highest BCUT2D eigenvalue weighted by Crippen LogP contribution is 2.35. The first-order valence-electron chi connectivity index (χ1n) is 12.8. The Hall–Kier alpha value is -2.87. The van der Waals surface area contributed by atoms with Gasteiger partial charge >= 0.3 is 6.09 Å². The summed E-state index contributed by atoms with van der Waals surface area (Å²) in [6, 6.07) is 8.93. The van der Waals surface area contributed by atoms with Crippen molar-refractivity contribution in [1.82, 2.24) is 19.6 Å². The van der Waals surface area contributed by atoms with Gasteiger partial charge in [-0.1, -0.05) is 0 Å². The van der Waals surface area contributed by atoms with Crippen LogP contribution >= 0.6 is 0 Å². The van der Waals surface area contributed by atoms with E-state index in [1.165, 1.54) is 0 Å². The summed E-state index contributed by atoms with van der Waals surface area (Å²) in [5.74, 6) is 1.26. The van der Waals surface area contributed by atoms with E-state index in [4.69, 9.17) is 14.7 Å². The molecule has 36 heavy (non-hydrogen) atoms. The topological polar surface area (TPSA) is 110 Å². The molecule has 10 nitrogen and oxygen atoms in total. The zero-order chi connectivity index (χ0) is 25.7. The molecule has 0 radical (unpaired) electrons. The van der Waals surface area contributed by atoms with Crippen molar-refractivity contribution in [3.05, 3.63) is 29.8 Å². The van der Waals surface area contributed by atoms with Gasteiger partial charge in [0.15, 0.2) is 0 Å². The number of fused-ring (bicyclic) bond motifs is 2. The number of hydrogen-bond donors (Lipinski definition) is 1. The molecule has 2 bridgehead atoms. The Bertz CT molecular complexity index is 943. The molecule has 0 aliphatic carbocycles. The number of β-amino-alcohol motifs (C(OH)–C–C–N with tert-alkyl or cyclic N) is 1. The summed E-state index contributed by atoms with van der Waals surface area (Å²) in [5.41, 5.74) is 0.567. The Kier molecular flexibility index (Phi) is 8.67. The van der Waals surface area contributed by atoms with Crippen LogP contribution in [-0.4, -0.2) is 115 Å². The first kappa shape index (κ1) is 26.2. The highest BCUT2D eigenvalue weighted by Gasteiger charge is 2.46. The van der Waals surface area contributed by atoms with Gasteiger partial charge in [-0.25, -0.2) is 4.79 Å². The monoisotopic (exact) mass is 499 g/mol. The zero-order valence-electron chi connectivity index (χ0n) is 21.2. The predicted molar refractivity (Wildman–Crippen MR) is 132 cm³/mol. The molecule has 4 rings (SSSR count). The number of carbonyl (C=O) groups excluding carboxylic acids is 2. The van der Waals surface area contributed by atoms with Gasteiger partial charge in [-0.05, 0) is 43.5 Å². The number of rotatable bonds is 7. The average molecular weight is 500 g/mol. The molecule has 3 fully saturated rings. The fourth-order valence-electron chi connectivity index (χ4n) is 5.84. The van der Waals surface area contributed by atoms with E-state index in [1.807, 2.05) is 16.7 Å². The Balaban J connectivity index is 1.37. The summed E-state index contributed by atoms with van der Waals surface area (Å²) in [6.45, 7) is 9.41. The molecule has 0 aromatic heterocycles. The second kappa shape index (κ2) is 11.9. The number of aliphatic hydroxyl groups is 1. The van der Waals surface area contributed by atoms with Crippen molar-refractivity contribution in [3.8, 4) is 11.8 Å². The molecule has 1 N–H and O–H groups in total. The maximum absolute atomic E-state index is 12.9. The van der Waals surface area contributed by atoms with Crippen molar-refractivity contribution in [2.24, 2.45) is 11.8 Å². The van der Waals surface area contributed by atoms with Crippen LogP contribution in [0.5, 0.6) is 5.75 Å². The van der Waals surface area contributed by atoms with Crippen molar-refractivity contribution in [3.63, 3.8) is 0 Å². The molecule has 1 aromatic rings. The summed E-state index contributed by atoms with van der Waals surface area (Å²) >= 11 is 0. The largest absolute Gasteiger partial charge is 0.491 e. The Morgan fingerprint density at radius 3 is 2.50 bits per heavy atom. The normalized spacial score (nSPS) is 25.7. The Morgan fingerprint density at radius 1 is 1.14 bits per heavy atom. The minimum absolute atomic E-state index is 0.0794. The lowest BCUT2D eigenvalue weighted by Crippen LogP contribution is -2.67. The lowest BCUT2D eigenvalue weighted by Gasteiger charge is -2.54. The van der Waals surface area contributed by atoms with Crippen LogP contribution in [0.4, 0.5) is 4.79 Å². The molecule has 3 saturated heterocycles. The highest BCUT2D eigenvalue weighted by molar-refractivity contribution is 5.73. The first-order chi connectivity index (χ1) is 17.4. The highest BCUT2D eigenvalue weighted by atomic mass is 16.6. The third-order valence-corrected chi connectivity index (χ3v) is 7.37. The molecule has 3 aliphatic heterocycles. The maximum atomic E-state index is 12.9. The molecule has 10 heteroatoms. The number of aliphatic hydroxyl groups excluding tert-OH is 1. The summed E-state index contributed by atoms with van der Waals surface area (Å²) in [5, 5.41) is 19.6. The van der Waals surface area contributed by atoms with Crippen LogP contribution in [-0.2, 0) is 9.53 Å². The molecule has 196 valence electrons. The summed E-state index contributed by atoms with van der Waals surface area (Å²) in [7, 11) is 0. The number of likely N-dealkylation sites (tertiary alicyclic amines) is 2. The van der Waals surface area contributed by atoms with Crippen LogP contribution in [0, 0.1) is 23.2 Å². The molecule has 0 spiro atoms. The molecule has 3 heterocycles. The van der Waals surface area contributed by atoms with E-state index in [1.54, 1.807) is 31.2 Å². The van der Waals surface area contributed by atoms with Crippen LogP contribution in [0.25, 0.3) is 0 Å². The van der Waals surface area contributed by atoms with E-state index in [0.717, 1.165) is 32.6 Å². The van der Waals surface area contributed by atoms with Crippen molar-refractivity contribution in [2.45, 2.75) is 32.5 Å². The van der Waals surface area contributed by atoms with E-state index in [0.29, 0.717) is 50.0 Å². The predicted octanol–water partition coefficient (Wildman–Crippen LogP) is 1.20. The smallest absolute Gasteiger partial charge is 0.411 e. The lowest BCUT2D eigenvalue weighted by molar-refractivity contribution is -0.134. The van der Waals surface area contributed by atoms with Crippen molar-refractivity contribution >= 4 is 12.0 Å². The SMILES string of the molecule is CCOC(=O)N1CC2CC(CN(CC(O)COc3ccc(C#N)cc3)C2)C1N1CCN(C(C)=O)CC1. The summed E-state index contributed by atoms with van der Waals surface area (Å²) in [6.07, 6.45) is 0.0277. The van der Waals surface area contributed by atoms with Crippen LogP contribution in [0.3, 0.4) is 0 Å². The number of ether oxygens (including phenoxy) is 2. The minimum atomic E-state index is -0.654. The maximum Gasteiger partial charge on any atom is 0.411 e. The van der Waals surface area contributed by atoms with Gasteiger partial charge in [-0.2, -0.15) is 5.26 Å². The van der Waals surface area contributed by atoms with Crippen molar-refractivity contribution < 1.29 is 24.2 Å². The van der Waals surface area contributed by atoms with Gasteiger partial charge < -0.3 is 19.5 Å². The second-order valence-corrected chi connectivity index (χ2v) is 9.99. The van der Waals surface area contributed by atoms with Gasteiger partial charge in [0.05, 0.1) is 24.4 Å². The van der Waals surface area contributed by atoms with Crippen LogP contribution < -0.4 is 4.74 Å². The van der Waals surface area contributed by atoms with Gasteiger partial charge in [0.2, 0.25) is 5.91 Å². The molecule has 4 atom stereocenters. The van der Waals surface area contributed by atoms with Gasteiger partial charge in [0, 0.05) is 65.2 Å². The summed E-state index contributed by atoms with van der Waals surface area (Å²) < 4.78 is 11.1. The van der Waals surface area contributed by atoms with Crippen molar-refractivity contribution in [2.75, 3.05) is 65.6 Å². The molecular weight excluding hydrogens is 462 g/mol. The molecule has 2 amide bonds. The first-order valence-corrected chi connectivity index (χ1v) is 12.8. The Morgan fingerprint density at radius 2 is 1.86 bits per heavy atom. The second-order valence-electron chi connectivity index (χ2n) is 9.99. The zero-order valence-corrected chi connectivity index (χ0v) is 21.2. The van der Waals surface area contributed by atoms with Crippen molar-refractivity contribution in [1.29, 1.82) is 5.26 Å². The number of hydrogen-bond acceptors (Lipinski definition) is 8. The van der Waals surface area contributed by atoms with E-state index < -0.39 is 6.10 Å². The fourth-order valence-corrected chi connectivity index (χ4v) is 5.84. The number of benzene rings is 1. The number of carbonyl (C=O) groups is 2. The van der Waals surface area contributed by atoms with E-state index >= 15 is 0 Å². The van der Waals surface area contributed by atoms with E-state index in [-0.39, 0.29) is 30.7 Å². The number of nitrogens with zero attached hydrogens (tertiary/aromatic N) is 5. The fraction of sp³-hybridized carbons (Fsp3) is 0.654. The molecule has 3 aliphatic rings. The van der Waals surface area contributed by atoms with Crippen LogP contribution in [0.1, 0.15) is 25.8 Å². The summed E-state index contributed by atoms with van der Waals surface area (Å²) in [4.78, 5) is 33.1. The molecule has 0 saturated carbocycles. The van der Waals surface area contributed by atoms with Gasteiger partial charge in [0.25, 0.3) is 0 Å². The van der Waals surface area contributed by atoms with E-state index in [2.05, 4.69) is 15.9 Å². The average Bonchev–Trinajstić information content (AvgIpc) is 2.87. The molecular formula is C26H37N5O5. The number of amides is 2. The van der Waals surface area contributed by atoms with Gasteiger partial charge in [0.1, 0.15) is 18.5 Å².